The number of carbonyl (C=O) groups is 2. The summed E-state index contributed by atoms with van der Waals surface area (Å²) in [6.07, 6.45) is 0.945. The fourth-order valence-electron chi connectivity index (χ4n) is 1.48. The van der Waals surface area contributed by atoms with Gasteiger partial charge in [0.1, 0.15) is 0 Å². The zero-order valence-corrected chi connectivity index (χ0v) is 10.3. The fraction of sp³-hybridized carbons (Fsp3) is 0.333. The van der Waals surface area contributed by atoms with Gasteiger partial charge in [0.2, 0.25) is 5.91 Å². The SMILES string of the molecule is CNC(=O)c1ccc(N)c(NCCCC(N)=O)c1. The number of carbonyl (C=O) groups excluding carboxylic acids is 2. The van der Waals surface area contributed by atoms with E-state index in [-0.39, 0.29) is 11.8 Å². The van der Waals surface area contributed by atoms with Crippen LogP contribution in [0.1, 0.15) is 23.2 Å². The second kappa shape index (κ2) is 6.48. The molecule has 6 N–H and O–H groups in total. The van der Waals surface area contributed by atoms with E-state index < -0.39 is 0 Å². The predicted octanol–water partition coefficient (Wildman–Crippen LogP) is 0.306. The highest BCUT2D eigenvalue weighted by atomic mass is 16.1. The molecule has 18 heavy (non-hydrogen) atoms. The van der Waals surface area contributed by atoms with Gasteiger partial charge < -0.3 is 22.1 Å². The van der Waals surface area contributed by atoms with Gasteiger partial charge in [0, 0.05) is 25.6 Å². The van der Waals surface area contributed by atoms with E-state index in [0.29, 0.717) is 36.3 Å². The van der Waals surface area contributed by atoms with E-state index >= 15 is 0 Å². The van der Waals surface area contributed by atoms with E-state index in [1.807, 2.05) is 0 Å². The summed E-state index contributed by atoms with van der Waals surface area (Å²) in [6, 6.07) is 5.00. The van der Waals surface area contributed by atoms with Crippen molar-refractivity contribution in [3.63, 3.8) is 0 Å². The number of nitrogen functional groups attached to an aromatic ring is 1. The molecule has 1 aromatic rings. The van der Waals surface area contributed by atoms with Crippen molar-refractivity contribution < 1.29 is 9.59 Å². The molecule has 0 unspecified atom stereocenters. The van der Waals surface area contributed by atoms with Crippen LogP contribution in [-0.2, 0) is 4.79 Å². The Labute approximate surface area is 106 Å². The number of primary amides is 1. The lowest BCUT2D eigenvalue weighted by Gasteiger charge is -2.10. The van der Waals surface area contributed by atoms with Crippen LogP contribution >= 0.6 is 0 Å². The highest BCUT2D eigenvalue weighted by molar-refractivity contribution is 5.96. The minimum atomic E-state index is -0.330. The molecule has 0 fully saturated rings. The van der Waals surface area contributed by atoms with Crippen LogP contribution in [0.4, 0.5) is 11.4 Å². The van der Waals surface area contributed by atoms with Crippen molar-refractivity contribution >= 4 is 23.2 Å². The lowest BCUT2D eigenvalue weighted by Crippen LogP contribution is -2.18. The maximum absolute atomic E-state index is 11.5. The number of hydrogen-bond acceptors (Lipinski definition) is 4. The Morgan fingerprint density at radius 3 is 2.67 bits per heavy atom. The molecule has 6 heteroatoms. The summed E-state index contributed by atoms with van der Waals surface area (Å²) in [5.74, 6) is -0.501. The molecule has 0 saturated heterocycles. The first kappa shape index (κ1) is 13.8. The topological polar surface area (TPSA) is 110 Å². The third kappa shape index (κ3) is 3.97. The first-order valence-corrected chi connectivity index (χ1v) is 5.68. The van der Waals surface area contributed by atoms with Crippen molar-refractivity contribution in [2.75, 3.05) is 24.6 Å². The third-order valence-electron chi connectivity index (χ3n) is 2.46. The smallest absolute Gasteiger partial charge is 0.251 e. The Hall–Kier alpha value is -2.24. The van der Waals surface area contributed by atoms with Crippen molar-refractivity contribution in [2.24, 2.45) is 5.73 Å². The van der Waals surface area contributed by atoms with Crippen LogP contribution in [0.25, 0.3) is 0 Å². The fourth-order valence-corrected chi connectivity index (χ4v) is 1.48. The average molecular weight is 250 g/mol. The number of anilines is 2. The number of hydrogen-bond donors (Lipinski definition) is 4. The molecule has 0 saturated carbocycles. The molecular weight excluding hydrogens is 232 g/mol. The largest absolute Gasteiger partial charge is 0.397 e. The lowest BCUT2D eigenvalue weighted by molar-refractivity contribution is -0.118. The monoisotopic (exact) mass is 250 g/mol. The van der Waals surface area contributed by atoms with Gasteiger partial charge in [-0.25, -0.2) is 0 Å². The Bertz CT molecular complexity index is 446. The molecule has 6 nitrogen and oxygen atoms in total. The first-order valence-electron chi connectivity index (χ1n) is 5.68. The van der Waals surface area contributed by atoms with E-state index in [1.54, 1.807) is 25.2 Å². The predicted molar refractivity (Wildman–Crippen MR) is 71.2 cm³/mol. The van der Waals surface area contributed by atoms with Crippen LogP contribution in [0.3, 0.4) is 0 Å². The van der Waals surface area contributed by atoms with Crippen molar-refractivity contribution in [1.82, 2.24) is 5.32 Å². The Morgan fingerprint density at radius 2 is 2.06 bits per heavy atom. The Balaban J connectivity index is 2.64. The van der Waals surface area contributed by atoms with Crippen LogP contribution < -0.4 is 22.1 Å². The number of rotatable bonds is 6. The van der Waals surface area contributed by atoms with Crippen LogP contribution in [0.5, 0.6) is 0 Å². The highest BCUT2D eigenvalue weighted by Crippen LogP contribution is 2.20. The number of nitrogens with two attached hydrogens (primary N) is 2. The van der Waals surface area contributed by atoms with Gasteiger partial charge in [-0.15, -0.1) is 0 Å². The van der Waals surface area contributed by atoms with Gasteiger partial charge in [0.25, 0.3) is 5.91 Å². The van der Waals surface area contributed by atoms with Crippen molar-refractivity contribution in [1.29, 1.82) is 0 Å². The van der Waals surface area contributed by atoms with Crippen molar-refractivity contribution in [3.05, 3.63) is 23.8 Å². The molecule has 2 amide bonds. The first-order chi connectivity index (χ1) is 8.54. The van der Waals surface area contributed by atoms with E-state index in [0.717, 1.165) is 0 Å². The van der Waals surface area contributed by atoms with E-state index in [9.17, 15) is 9.59 Å². The van der Waals surface area contributed by atoms with Gasteiger partial charge in [0.15, 0.2) is 0 Å². The molecule has 1 aromatic carbocycles. The quantitative estimate of drug-likeness (QED) is 0.430. The van der Waals surface area contributed by atoms with Crippen LogP contribution in [0.2, 0.25) is 0 Å². The normalized spacial score (nSPS) is 9.83. The van der Waals surface area contributed by atoms with Gasteiger partial charge in [-0.2, -0.15) is 0 Å². The van der Waals surface area contributed by atoms with Crippen LogP contribution in [0, 0.1) is 0 Å². The number of benzene rings is 1. The molecule has 0 aliphatic rings. The summed E-state index contributed by atoms with van der Waals surface area (Å²) in [7, 11) is 1.57. The number of amides is 2. The summed E-state index contributed by atoms with van der Waals surface area (Å²) >= 11 is 0. The highest BCUT2D eigenvalue weighted by Gasteiger charge is 2.06. The molecule has 0 spiro atoms. The van der Waals surface area contributed by atoms with Gasteiger partial charge >= 0.3 is 0 Å². The molecule has 0 aliphatic heterocycles. The summed E-state index contributed by atoms with van der Waals surface area (Å²) < 4.78 is 0. The zero-order valence-electron chi connectivity index (χ0n) is 10.3. The molecule has 0 aromatic heterocycles. The molecule has 0 atom stereocenters. The lowest BCUT2D eigenvalue weighted by atomic mass is 10.1. The molecule has 1 rings (SSSR count). The molecule has 98 valence electrons. The minimum absolute atomic E-state index is 0.171. The molecular formula is C12H18N4O2. The summed E-state index contributed by atoms with van der Waals surface area (Å²) in [5.41, 5.74) is 12.6. The Morgan fingerprint density at radius 1 is 1.33 bits per heavy atom. The van der Waals surface area contributed by atoms with E-state index in [4.69, 9.17) is 11.5 Å². The molecule has 0 radical (unpaired) electrons. The molecule has 0 bridgehead atoms. The van der Waals surface area contributed by atoms with Crippen LogP contribution in [-0.4, -0.2) is 25.4 Å². The number of nitrogens with one attached hydrogen (secondary N) is 2. The maximum Gasteiger partial charge on any atom is 0.251 e. The standard InChI is InChI=1S/C12H18N4O2/c1-15-12(18)8-4-5-9(13)10(7-8)16-6-2-3-11(14)17/h4-5,7,16H,2-3,6,13H2,1H3,(H2,14,17)(H,15,18). The molecule has 0 aliphatic carbocycles. The second-order valence-electron chi connectivity index (χ2n) is 3.88. The van der Waals surface area contributed by atoms with Crippen LogP contribution in [0.15, 0.2) is 18.2 Å². The average Bonchev–Trinajstić information content (AvgIpc) is 2.35. The Kier molecular flexibility index (Phi) is 4.98. The van der Waals surface area contributed by atoms with Crippen molar-refractivity contribution in [2.45, 2.75) is 12.8 Å². The molecule has 0 heterocycles. The van der Waals surface area contributed by atoms with Gasteiger partial charge in [-0.1, -0.05) is 0 Å². The van der Waals surface area contributed by atoms with Crippen molar-refractivity contribution in [3.8, 4) is 0 Å². The summed E-state index contributed by atoms with van der Waals surface area (Å²) in [4.78, 5) is 22.0. The van der Waals surface area contributed by atoms with E-state index in [2.05, 4.69) is 10.6 Å². The zero-order chi connectivity index (χ0) is 13.5. The summed E-state index contributed by atoms with van der Waals surface area (Å²) in [6.45, 7) is 0.574. The van der Waals surface area contributed by atoms with Gasteiger partial charge in [0.05, 0.1) is 11.4 Å². The maximum atomic E-state index is 11.5. The van der Waals surface area contributed by atoms with Gasteiger partial charge in [-0.3, -0.25) is 9.59 Å². The van der Waals surface area contributed by atoms with E-state index in [1.165, 1.54) is 0 Å². The summed E-state index contributed by atoms with van der Waals surface area (Å²) in [5, 5.41) is 5.62. The third-order valence-corrected chi connectivity index (χ3v) is 2.46. The van der Waals surface area contributed by atoms with Gasteiger partial charge in [-0.05, 0) is 24.6 Å². The second-order valence-corrected chi connectivity index (χ2v) is 3.88. The minimum Gasteiger partial charge on any atom is -0.397 e.